The molecule has 6 heteroatoms. The van der Waals surface area contributed by atoms with E-state index in [1.54, 1.807) is 6.20 Å². The summed E-state index contributed by atoms with van der Waals surface area (Å²) >= 11 is 0. The zero-order valence-corrected chi connectivity index (χ0v) is 17.4. The van der Waals surface area contributed by atoms with Crippen LogP contribution in [0.4, 0.5) is 10.5 Å². The SMILES string of the molecule is Cc1cnn(C(=O)N2CCC3(CC2)CN(Cc2ccccc2N2CCCC2)C3)c1. The average molecular weight is 394 g/mol. The summed E-state index contributed by atoms with van der Waals surface area (Å²) in [5.41, 5.74) is 4.32. The molecule has 1 aromatic heterocycles. The van der Waals surface area contributed by atoms with E-state index in [4.69, 9.17) is 0 Å². The standard InChI is InChI=1S/C23H31N5O/c1-19-14-24-28(15-19)22(29)27-12-8-23(9-13-27)17-25(18-23)16-20-6-2-3-7-21(20)26-10-4-5-11-26/h2-3,6-7,14-15H,4-5,8-13,16-18H2,1H3. The highest BCUT2D eigenvalue weighted by Gasteiger charge is 2.45. The number of likely N-dealkylation sites (tertiary alicyclic amines) is 2. The first-order valence-electron chi connectivity index (χ1n) is 11.0. The van der Waals surface area contributed by atoms with E-state index in [2.05, 4.69) is 39.2 Å². The third-order valence-electron chi connectivity index (χ3n) is 6.95. The number of aromatic nitrogens is 2. The molecule has 0 saturated carbocycles. The second kappa shape index (κ2) is 7.48. The highest BCUT2D eigenvalue weighted by molar-refractivity contribution is 5.76. The minimum Gasteiger partial charge on any atom is -0.371 e. The normalized spacial score (nSPS) is 21.6. The zero-order valence-electron chi connectivity index (χ0n) is 17.4. The molecule has 3 aliphatic heterocycles. The van der Waals surface area contributed by atoms with E-state index in [0.29, 0.717) is 5.41 Å². The minimum atomic E-state index is 0.0173. The lowest BCUT2D eigenvalue weighted by atomic mass is 9.72. The number of rotatable bonds is 3. The van der Waals surface area contributed by atoms with Gasteiger partial charge in [0.15, 0.2) is 0 Å². The number of para-hydroxylation sites is 1. The highest BCUT2D eigenvalue weighted by Crippen LogP contribution is 2.41. The summed E-state index contributed by atoms with van der Waals surface area (Å²) in [7, 11) is 0. The molecule has 0 bridgehead atoms. The summed E-state index contributed by atoms with van der Waals surface area (Å²) in [5, 5.41) is 4.17. The van der Waals surface area contributed by atoms with Crippen LogP contribution in [0.25, 0.3) is 0 Å². The summed E-state index contributed by atoms with van der Waals surface area (Å²) in [6.07, 6.45) is 8.39. The fraction of sp³-hybridized carbons (Fsp3) is 0.565. The van der Waals surface area contributed by atoms with Gasteiger partial charge in [0, 0.05) is 57.7 Å². The van der Waals surface area contributed by atoms with Crippen molar-refractivity contribution in [2.75, 3.05) is 44.2 Å². The van der Waals surface area contributed by atoms with Crippen molar-refractivity contribution in [3.05, 3.63) is 47.8 Å². The number of piperidine rings is 1. The molecular weight excluding hydrogens is 362 g/mol. The van der Waals surface area contributed by atoms with Crippen molar-refractivity contribution in [3.8, 4) is 0 Å². The lowest BCUT2D eigenvalue weighted by molar-refractivity contribution is -0.0442. The average Bonchev–Trinajstić information content (AvgIpc) is 3.39. The number of amides is 1. The number of anilines is 1. The molecule has 29 heavy (non-hydrogen) atoms. The first-order chi connectivity index (χ1) is 14.1. The van der Waals surface area contributed by atoms with Crippen molar-refractivity contribution in [3.63, 3.8) is 0 Å². The van der Waals surface area contributed by atoms with Gasteiger partial charge in [0.05, 0.1) is 6.20 Å². The summed E-state index contributed by atoms with van der Waals surface area (Å²) in [4.78, 5) is 19.7. The smallest absolute Gasteiger partial charge is 0.344 e. The number of carbonyl (C=O) groups is 1. The molecule has 0 N–H and O–H groups in total. The van der Waals surface area contributed by atoms with Gasteiger partial charge in [0.2, 0.25) is 0 Å². The van der Waals surface area contributed by atoms with Crippen LogP contribution in [0.15, 0.2) is 36.7 Å². The van der Waals surface area contributed by atoms with Crippen LogP contribution in [-0.2, 0) is 6.54 Å². The molecule has 3 fully saturated rings. The second-order valence-corrected chi connectivity index (χ2v) is 9.20. The topological polar surface area (TPSA) is 44.6 Å². The van der Waals surface area contributed by atoms with E-state index in [9.17, 15) is 4.79 Å². The van der Waals surface area contributed by atoms with Crippen LogP contribution in [0, 0.1) is 12.3 Å². The highest BCUT2D eigenvalue weighted by atomic mass is 16.2. The Morgan fingerprint density at radius 2 is 1.79 bits per heavy atom. The molecule has 2 aromatic rings. The Kier molecular flexibility index (Phi) is 4.82. The number of hydrogen-bond donors (Lipinski definition) is 0. The van der Waals surface area contributed by atoms with E-state index in [0.717, 1.165) is 51.1 Å². The maximum atomic E-state index is 12.6. The number of benzene rings is 1. The summed E-state index contributed by atoms with van der Waals surface area (Å²) in [5.74, 6) is 0. The van der Waals surface area contributed by atoms with E-state index >= 15 is 0 Å². The van der Waals surface area contributed by atoms with Crippen molar-refractivity contribution in [1.82, 2.24) is 19.6 Å². The lowest BCUT2D eigenvalue weighted by Gasteiger charge is -2.54. The fourth-order valence-corrected chi connectivity index (χ4v) is 5.32. The van der Waals surface area contributed by atoms with Gasteiger partial charge in [-0.2, -0.15) is 9.78 Å². The first kappa shape index (κ1) is 18.7. The summed E-state index contributed by atoms with van der Waals surface area (Å²) in [6, 6.07) is 8.95. The Labute approximate surface area is 173 Å². The number of hydrogen-bond acceptors (Lipinski definition) is 4. The van der Waals surface area contributed by atoms with Crippen LogP contribution in [0.1, 0.15) is 36.8 Å². The maximum absolute atomic E-state index is 12.6. The number of aryl methyl sites for hydroxylation is 1. The molecule has 4 heterocycles. The van der Waals surface area contributed by atoms with Gasteiger partial charge in [-0.25, -0.2) is 4.79 Å². The van der Waals surface area contributed by atoms with Crippen molar-refractivity contribution in [2.24, 2.45) is 5.41 Å². The molecule has 154 valence electrons. The quantitative estimate of drug-likeness (QED) is 0.802. The van der Waals surface area contributed by atoms with Gasteiger partial charge in [-0.05, 0) is 55.2 Å². The summed E-state index contributed by atoms with van der Waals surface area (Å²) < 4.78 is 1.48. The molecule has 1 spiro atoms. The third-order valence-corrected chi connectivity index (χ3v) is 6.95. The Morgan fingerprint density at radius 1 is 1.07 bits per heavy atom. The molecular formula is C23H31N5O. The molecule has 0 aliphatic carbocycles. The van der Waals surface area contributed by atoms with Crippen molar-refractivity contribution >= 4 is 11.7 Å². The van der Waals surface area contributed by atoms with E-state index in [-0.39, 0.29) is 6.03 Å². The van der Waals surface area contributed by atoms with Crippen LogP contribution in [0.5, 0.6) is 0 Å². The van der Waals surface area contributed by atoms with E-state index in [1.807, 2.05) is 18.0 Å². The van der Waals surface area contributed by atoms with Gasteiger partial charge in [0.25, 0.3) is 0 Å². The van der Waals surface area contributed by atoms with E-state index in [1.165, 1.54) is 41.9 Å². The minimum absolute atomic E-state index is 0.0173. The molecule has 1 aromatic carbocycles. The fourth-order valence-electron chi connectivity index (χ4n) is 5.32. The molecule has 3 saturated heterocycles. The molecule has 1 amide bonds. The summed E-state index contributed by atoms with van der Waals surface area (Å²) in [6.45, 7) is 9.40. The molecule has 0 radical (unpaired) electrons. The van der Waals surface area contributed by atoms with Crippen LogP contribution >= 0.6 is 0 Å². The maximum Gasteiger partial charge on any atom is 0.344 e. The first-order valence-corrected chi connectivity index (χ1v) is 11.0. The largest absolute Gasteiger partial charge is 0.371 e. The van der Waals surface area contributed by atoms with Gasteiger partial charge in [-0.15, -0.1) is 0 Å². The second-order valence-electron chi connectivity index (χ2n) is 9.20. The van der Waals surface area contributed by atoms with Crippen molar-refractivity contribution in [1.29, 1.82) is 0 Å². The van der Waals surface area contributed by atoms with Crippen LogP contribution in [0.3, 0.4) is 0 Å². The van der Waals surface area contributed by atoms with Crippen LogP contribution < -0.4 is 4.90 Å². The van der Waals surface area contributed by atoms with Crippen LogP contribution in [-0.4, -0.2) is 64.9 Å². The van der Waals surface area contributed by atoms with E-state index < -0.39 is 0 Å². The molecule has 0 unspecified atom stereocenters. The number of carbonyl (C=O) groups excluding carboxylic acids is 1. The Hall–Kier alpha value is -2.34. The third kappa shape index (κ3) is 3.66. The molecule has 5 rings (SSSR count). The van der Waals surface area contributed by atoms with Crippen LogP contribution in [0.2, 0.25) is 0 Å². The number of nitrogens with zero attached hydrogens (tertiary/aromatic N) is 5. The lowest BCUT2D eigenvalue weighted by Crippen LogP contribution is -2.60. The predicted molar refractivity (Wildman–Crippen MR) is 114 cm³/mol. The Bertz CT molecular complexity index is 869. The van der Waals surface area contributed by atoms with Gasteiger partial charge in [0.1, 0.15) is 0 Å². The van der Waals surface area contributed by atoms with Gasteiger partial charge < -0.3 is 9.80 Å². The van der Waals surface area contributed by atoms with Gasteiger partial charge in [-0.3, -0.25) is 4.90 Å². The zero-order chi connectivity index (χ0) is 19.8. The Morgan fingerprint density at radius 3 is 2.48 bits per heavy atom. The molecule has 6 nitrogen and oxygen atoms in total. The monoisotopic (exact) mass is 393 g/mol. The van der Waals surface area contributed by atoms with Crippen molar-refractivity contribution < 1.29 is 4.79 Å². The van der Waals surface area contributed by atoms with Gasteiger partial charge in [-0.1, -0.05) is 18.2 Å². The predicted octanol–water partition coefficient (Wildman–Crippen LogP) is 3.36. The molecule has 3 aliphatic rings. The van der Waals surface area contributed by atoms with Crippen molar-refractivity contribution in [2.45, 2.75) is 39.2 Å². The van der Waals surface area contributed by atoms with Gasteiger partial charge >= 0.3 is 6.03 Å². The Balaban J connectivity index is 1.16. The molecule has 0 atom stereocenters.